The normalized spacial score (nSPS) is 26.0. The van der Waals surface area contributed by atoms with Gasteiger partial charge in [0, 0.05) is 17.6 Å². The fraction of sp³-hybridized carbons (Fsp3) is 0.571. The molecule has 3 rings (SSSR count). The Morgan fingerprint density at radius 3 is 3.11 bits per heavy atom. The molecule has 0 spiro atoms. The molecule has 0 radical (unpaired) electrons. The summed E-state index contributed by atoms with van der Waals surface area (Å²) in [6.45, 7) is 2.93. The number of pyridine rings is 1. The number of aromatic nitrogens is 1. The molecule has 0 aromatic carbocycles. The molecule has 1 aliphatic heterocycles. The number of hydrogen-bond donors (Lipinski definition) is 0. The largest absolute Gasteiger partial charge is 0.377 e. The Bertz CT molecular complexity index is 509. The molecular weight excluding hydrogens is 244 g/mol. The summed E-state index contributed by atoms with van der Waals surface area (Å²) in [4.78, 5) is 4.71. The lowest BCUT2D eigenvalue weighted by Crippen LogP contribution is -2.14. The lowest BCUT2D eigenvalue weighted by Gasteiger charge is -2.14. The maximum Gasteiger partial charge on any atom is 0.114 e. The molecule has 4 heteroatoms. The zero-order chi connectivity index (χ0) is 12.5. The van der Waals surface area contributed by atoms with Crippen LogP contribution in [0.1, 0.15) is 36.6 Å². The van der Waals surface area contributed by atoms with Crippen molar-refractivity contribution in [3.63, 3.8) is 0 Å². The first kappa shape index (κ1) is 12.0. The molecule has 0 amide bonds. The third kappa shape index (κ3) is 2.13. The number of nitriles is 1. The monoisotopic (exact) mass is 260 g/mol. The average Bonchev–Trinajstić information content (AvgIpc) is 2.98. The summed E-state index contributed by atoms with van der Waals surface area (Å²) in [5.74, 6) is 0. The summed E-state index contributed by atoms with van der Waals surface area (Å²) < 4.78 is 5.57. The summed E-state index contributed by atoms with van der Waals surface area (Å²) in [5.41, 5.74) is 3.20. The van der Waals surface area contributed by atoms with E-state index in [1.54, 1.807) is 11.8 Å². The van der Waals surface area contributed by atoms with Crippen LogP contribution in [0.15, 0.2) is 11.1 Å². The molecule has 1 aromatic rings. The van der Waals surface area contributed by atoms with Gasteiger partial charge in [-0.05, 0) is 44.2 Å². The van der Waals surface area contributed by atoms with Gasteiger partial charge in [-0.25, -0.2) is 4.98 Å². The zero-order valence-electron chi connectivity index (χ0n) is 10.5. The molecule has 1 aromatic heterocycles. The van der Waals surface area contributed by atoms with Gasteiger partial charge in [0.2, 0.25) is 0 Å². The number of nitrogens with zero attached hydrogens (tertiary/aromatic N) is 2. The van der Waals surface area contributed by atoms with Crippen molar-refractivity contribution in [1.82, 2.24) is 4.98 Å². The van der Waals surface area contributed by atoms with Crippen LogP contribution in [0, 0.1) is 11.3 Å². The molecule has 1 aliphatic carbocycles. The van der Waals surface area contributed by atoms with Crippen molar-refractivity contribution in [2.24, 2.45) is 0 Å². The van der Waals surface area contributed by atoms with Crippen LogP contribution >= 0.6 is 11.8 Å². The van der Waals surface area contributed by atoms with E-state index in [2.05, 4.69) is 13.0 Å². The number of fused-ring (bicyclic) bond motifs is 1. The van der Waals surface area contributed by atoms with Crippen molar-refractivity contribution in [2.45, 2.75) is 49.0 Å². The van der Waals surface area contributed by atoms with Gasteiger partial charge in [0.15, 0.2) is 0 Å². The smallest absolute Gasteiger partial charge is 0.114 e. The second kappa shape index (κ2) is 4.91. The second-order valence-electron chi connectivity index (χ2n) is 4.93. The van der Waals surface area contributed by atoms with Crippen molar-refractivity contribution < 1.29 is 4.74 Å². The third-order valence-electron chi connectivity index (χ3n) is 3.71. The van der Waals surface area contributed by atoms with E-state index in [4.69, 9.17) is 9.72 Å². The fourth-order valence-electron chi connectivity index (χ4n) is 2.63. The van der Waals surface area contributed by atoms with E-state index in [-0.39, 0.29) is 6.10 Å². The zero-order valence-corrected chi connectivity index (χ0v) is 11.3. The number of hydrogen-bond acceptors (Lipinski definition) is 4. The lowest BCUT2D eigenvalue weighted by molar-refractivity contribution is 0.127. The molecule has 2 aliphatic rings. The fourth-order valence-corrected chi connectivity index (χ4v) is 3.80. The second-order valence-corrected chi connectivity index (χ2v) is 6.16. The van der Waals surface area contributed by atoms with Gasteiger partial charge in [-0.2, -0.15) is 5.26 Å². The molecule has 2 atom stereocenters. The quantitative estimate of drug-likeness (QED) is 0.820. The molecule has 0 saturated carbocycles. The summed E-state index contributed by atoms with van der Waals surface area (Å²) in [5, 5.41) is 10.6. The first-order valence-corrected chi connectivity index (χ1v) is 7.37. The minimum atomic E-state index is 0.261. The highest BCUT2D eigenvalue weighted by molar-refractivity contribution is 8.00. The van der Waals surface area contributed by atoms with Crippen LogP contribution in [0.25, 0.3) is 0 Å². The van der Waals surface area contributed by atoms with Crippen molar-refractivity contribution >= 4 is 11.8 Å². The molecule has 1 fully saturated rings. The topological polar surface area (TPSA) is 45.9 Å². The highest BCUT2D eigenvalue weighted by Crippen LogP contribution is 2.35. The molecule has 3 nitrogen and oxygen atoms in total. The maximum absolute atomic E-state index is 9.25. The van der Waals surface area contributed by atoms with E-state index in [9.17, 15) is 5.26 Å². The van der Waals surface area contributed by atoms with E-state index >= 15 is 0 Å². The summed E-state index contributed by atoms with van der Waals surface area (Å²) in [6, 6.07) is 4.33. The highest BCUT2D eigenvalue weighted by Gasteiger charge is 2.27. The molecule has 2 heterocycles. The molecular formula is C14H16N2OS. The Balaban J connectivity index is 1.89. The van der Waals surface area contributed by atoms with Gasteiger partial charge in [-0.3, -0.25) is 0 Å². The van der Waals surface area contributed by atoms with Crippen LogP contribution in [0.3, 0.4) is 0 Å². The molecule has 1 saturated heterocycles. The number of aryl methyl sites for hydroxylation is 2. The minimum absolute atomic E-state index is 0.261. The summed E-state index contributed by atoms with van der Waals surface area (Å²) in [6.07, 6.45) is 4.62. The molecule has 94 valence electrons. The average molecular weight is 260 g/mol. The van der Waals surface area contributed by atoms with E-state index in [0.29, 0.717) is 5.25 Å². The lowest BCUT2D eigenvalue weighted by atomic mass is 10.2. The van der Waals surface area contributed by atoms with E-state index in [0.717, 1.165) is 36.5 Å². The van der Waals surface area contributed by atoms with Crippen LogP contribution in [-0.2, 0) is 17.6 Å². The minimum Gasteiger partial charge on any atom is -0.377 e. The van der Waals surface area contributed by atoms with Crippen molar-refractivity contribution in [3.05, 3.63) is 22.9 Å². The van der Waals surface area contributed by atoms with Gasteiger partial charge in [-0.15, -0.1) is 0 Å². The van der Waals surface area contributed by atoms with Crippen LogP contribution in [0.5, 0.6) is 0 Å². The number of thioether (sulfide) groups is 1. The van der Waals surface area contributed by atoms with Crippen molar-refractivity contribution in [2.75, 3.05) is 6.61 Å². The van der Waals surface area contributed by atoms with Crippen molar-refractivity contribution in [3.8, 4) is 6.07 Å². The number of rotatable bonds is 2. The summed E-state index contributed by atoms with van der Waals surface area (Å²) in [7, 11) is 0. The standard InChI is InChI=1S/C14H16N2OS/c1-9-13(5-6-17-9)18-14-11(8-15)7-10-3-2-4-12(10)16-14/h7,9,13H,2-6H2,1H3. The Morgan fingerprint density at radius 2 is 2.39 bits per heavy atom. The third-order valence-corrected chi connectivity index (χ3v) is 5.16. The molecule has 0 N–H and O–H groups in total. The molecule has 2 unspecified atom stereocenters. The van der Waals surface area contributed by atoms with E-state index in [1.807, 2.05) is 6.07 Å². The first-order chi connectivity index (χ1) is 8.78. The van der Waals surface area contributed by atoms with Crippen LogP contribution in [0.2, 0.25) is 0 Å². The highest BCUT2D eigenvalue weighted by atomic mass is 32.2. The van der Waals surface area contributed by atoms with Gasteiger partial charge < -0.3 is 4.74 Å². The van der Waals surface area contributed by atoms with Gasteiger partial charge >= 0.3 is 0 Å². The molecule has 18 heavy (non-hydrogen) atoms. The Labute approximate surface area is 112 Å². The molecule has 0 bridgehead atoms. The Kier molecular flexibility index (Phi) is 3.27. The number of ether oxygens (including phenoxy) is 1. The Hall–Kier alpha value is -1.05. The van der Waals surface area contributed by atoms with Crippen molar-refractivity contribution in [1.29, 1.82) is 5.26 Å². The van der Waals surface area contributed by atoms with Gasteiger partial charge in [0.1, 0.15) is 11.1 Å². The summed E-state index contributed by atoms with van der Waals surface area (Å²) >= 11 is 1.72. The first-order valence-electron chi connectivity index (χ1n) is 6.49. The van der Waals surface area contributed by atoms with Gasteiger partial charge in [0.25, 0.3) is 0 Å². The van der Waals surface area contributed by atoms with Gasteiger partial charge in [0.05, 0.1) is 11.7 Å². The van der Waals surface area contributed by atoms with E-state index in [1.165, 1.54) is 17.7 Å². The SMILES string of the molecule is CC1OCCC1Sc1nc2c(cc1C#N)CCC2. The maximum atomic E-state index is 9.25. The van der Waals surface area contributed by atoms with Crippen LogP contribution < -0.4 is 0 Å². The van der Waals surface area contributed by atoms with Gasteiger partial charge in [-0.1, -0.05) is 11.8 Å². The van der Waals surface area contributed by atoms with Crippen LogP contribution in [0.4, 0.5) is 0 Å². The predicted molar refractivity (Wildman–Crippen MR) is 70.7 cm³/mol. The Morgan fingerprint density at radius 1 is 1.50 bits per heavy atom. The van der Waals surface area contributed by atoms with E-state index < -0.39 is 0 Å². The van der Waals surface area contributed by atoms with Crippen LogP contribution in [-0.4, -0.2) is 22.9 Å². The predicted octanol–water partition coefficient (Wildman–Crippen LogP) is 2.71.